The summed E-state index contributed by atoms with van der Waals surface area (Å²) in [5.41, 5.74) is 2.13. The molecule has 2 aromatic rings. The number of benzene rings is 2. The number of anilines is 1. The summed E-state index contributed by atoms with van der Waals surface area (Å²) in [5.74, 6) is 1.05. The number of halogens is 2. The van der Waals surface area contributed by atoms with E-state index in [4.69, 9.17) is 16.6 Å². The van der Waals surface area contributed by atoms with Gasteiger partial charge in [-0.15, -0.1) is 0 Å². The maximum absolute atomic E-state index is 12.1. The third-order valence-corrected chi connectivity index (χ3v) is 8.01. The topological polar surface area (TPSA) is 49.7 Å². The highest BCUT2D eigenvalue weighted by Gasteiger charge is 2.47. The second kappa shape index (κ2) is 7.19. The summed E-state index contributed by atoms with van der Waals surface area (Å²) in [4.78, 5) is 6.81. The lowest BCUT2D eigenvalue weighted by molar-refractivity contribution is 0.601. The molecule has 0 amide bonds. The van der Waals surface area contributed by atoms with E-state index in [1.807, 2.05) is 36.4 Å². The lowest BCUT2D eigenvalue weighted by Crippen LogP contribution is -2.39. The largest absolute Gasteiger partial charge is 0.315 e. The molecule has 26 heavy (non-hydrogen) atoms. The number of nitrogens with zero attached hydrogens (tertiary/aromatic N) is 2. The molecule has 0 radical (unpaired) electrons. The lowest BCUT2D eigenvalue weighted by atomic mass is 10.1. The number of sulfone groups is 1. The van der Waals surface area contributed by atoms with E-state index in [0.29, 0.717) is 5.02 Å². The molecule has 2 aromatic carbocycles. The van der Waals surface area contributed by atoms with E-state index in [2.05, 4.69) is 33.0 Å². The molecule has 0 unspecified atom stereocenters. The van der Waals surface area contributed by atoms with E-state index >= 15 is 0 Å². The fourth-order valence-corrected chi connectivity index (χ4v) is 6.58. The summed E-state index contributed by atoms with van der Waals surface area (Å²) in [6.07, 6.45) is 0. The number of amidine groups is 1. The summed E-state index contributed by atoms with van der Waals surface area (Å²) >= 11 is 11.1. The van der Waals surface area contributed by atoms with Gasteiger partial charge in [0.2, 0.25) is 0 Å². The molecule has 2 atom stereocenters. The van der Waals surface area contributed by atoms with E-state index in [9.17, 15) is 8.42 Å². The molecule has 1 saturated heterocycles. The van der Waals surface area contributed by atoms with Crippen LogP contribution < -0.4 is 4.90 Å². The number of fused-ring (bicyclic) bond motifs is 1. The third-order valence-electron chi connectivity index (χ3n) is 4.49. The molecule has 2 aliphatic rings. The van der Waals surface area contributed by atoms with Gasteiger partial charge in [-0.25, -0.2) is 8.42 Å². The van der Waals surface area contributed by atoms with Gasteiger partial charge in [-0.2, -0.15) is 0 Å². The van der Waals surface area contributed by atoms with Crippen molar-refractivity contribution < 1.29 is 8.42 Å². The van der Waals surface area contributed by atoms with Crippen LogP contribution >= 0.6 is 39.3 Å². The van der Waals surface area contributed by atoms with Gasteiger partial charge in [-0.3, -0.25) is 4.99 Å². The van der Waals surface area contributed by atoms with Crippen LogP contribution in [0.5, 0.6) is 0 Å². The fourth-order valence-electron chi connectivity index (χ4n) is 3.27. The molecule has 8 heteroatoms. The molecule has 0 bridgehead atoms. The van der Waals surface area contributed by atoms with Crippen molar-refractivity contribution in [2.75, 3.05) is 16.4 Å². The molecule has 4 nitrogen and oxygen atoms in total. The van der Waals surface area contributed by atoms with Gasteiger partial charge < -0.3 is 4.90 Å². The van der Waals surface area contributed by atoms with E-state index in [1.165, 1.54) is 5.56 Å². The number of hydrogen-bond donors (Lipinski definition) is 0. The highest BCUT2D eigenvalue weighted by Crippen LogP contribution is 2.36. The Morgan fingerprint density at radius 2 is 1.81 bits per heavy atom. The van der Waals surface area contributed by atoms with E-state index in [0.717, 1.165) is 21.1 Å². The Morgan fingerprint density at radius 3 is 2.50 bits per heavy atom. The van der Waals surface area contributed by atoms with Crippen LogP contribution in [-0.4, -0.2) is 37.2 Å². The lowest BCUT2D eigenvalue weighted by Gasteiger charge is -2.26. The van der Waals surface area contributed by atoms with Crippen LogP contribution in [0.1, 0.15) is 5.56 Å². The van der Waals surface area contributed by atoms with Crippen molar-refractivity contribution in [1.29, 1.82) is 0 Å². The first-order chi connectivity index (χ1) is 12.4. The molecule has 2 aliphatic heterocycles. The molecule has 0 aromatic heterocycles. The highest BCUT2D eigenvalue weighted by molar-refractivity contribution is 9.10. The van der Waals surface area contributed by atoms with Crippen LogP contribution in [0.4, 0.5) is 5.69 Å². The van der Waals surface area contributed by atoms with Crippen molar-refractivity contribution in [1.82, 2.24) is 0 Å². The summed E-state index contributed by atoms with van der Waals surface area (Å²) < 4.78 is 25.2. The van der Waals surface area contributed by atoms with Crippen molar-refractivity contribution in [3.05, 3.63) is 63.6 Å². The number of aliphatic imine (C=N–C) groups is 1. The van der Waals surface area contributed by atoms with Crippen LogP contribution in [0.2, 0.25) is 5.02 Å². The Morgan fingerprint density at radius 1 is 1.12 bits per heavy atom. The first kappa shape index (κ1) is 18.3. The van der Waals surface area contributed by atoms with Gasteiger partial charge in [0.25, 0.3) is 0 Å². The Kier molecular flexibility index (Phi) is 5.07. The fraction of sp³-hybridized carbons (Fsp3) is 0.278. The minimum atomic E-state index is -3.04. The standard InChI is InChI=1S/C18H16BrClN2O2S2/c19-13-3-1-12(2-4-13)9-25-18-21-16-10-26(23,24)11-17(16)22(18)15-7-5-14(20)6-8-15/h1-8,16-17H,9-11H2/t16-,17+/m1/s1. The van der Waals surface area contributed by atoms with Crippen molar-refractivity contribution in [2.45, 2.75) is 17.8 Å². The number of rotatable bonds is 3. The van der Waals surface area contributed by atoms with Crippen LogP contribution in [-0.2, 0) is 15.6 Å². The Balaban J connectivity index is 1.60. The monoisotopic (exact) mass is 470 g/mol. The van der Waals surface area contributed by atoms with Crippen molar-refractivity contribution in [3.63, 3.8) is 0 Å². The number of hydrogen-bond acceptors (Lipinski definition) is 5. The zero-order valence-corrected chi connectivity index (χ0v) is 17.7. The highest BCUT2D eigenvalue weighted by atomic mass is 79.9. The summed E-state index contributed by atoms with van der Waals surface area (Å²) in [6.45, 7) is 0. The molecule has 2 heterocycles. The summed E-state index contributed by atoms with van der Waals surface area (Å²) in [6, 6.07) is 15.4. The molecule has 0 saturated carbocycles. The van der Waals surface area contributed by atoms with E-state index < -0.39 is 9.84 Å². The zero-order chi connectivity index (χ0) is 18.3. The van der Waals surface area contributed by atoms with Gasteiger partial charge >= 0.3 is 0 Å². The number of thioether (sulfide) groups is 1. The Bertz CT molecular complexity index is 946. The third kappa shape index (κ3) is 3.81. The predicted molar refractivity (Wildman–Crippen MR) is 113 cm³/mol. The average Bonchev–Trinajstić information content (AvgIpc) is 3.06. The average molecular weight is 472 g/mol. The molecule has 0 aliphatic carbocycles. The normalized spacial score (nSPS) is 23.8. The van der Waals surface area contributed by atoms with Crippen LogP contribution in [0.25, 0.3) is 0 Å². The molecular formula is C18H16BrClN2O2S2. The maximum Gasteiger partial charge on any atom is 0.164 e. The molecule has 0 spiro atoms. The molecule has 136 valence electrons. The second-order valence-corrected chi connectivity index (χ2v) is 10.8. The van der Waals surface area contributed by atoms with E-state index in [1.54, 1.807) is 11.8 Å². The van der Waals surface area contributed by atoms with Crippen molar-refractivity contribution in [3.8, 4) is 0 Å². The first-order valence-corrected chi connectivity index (χ1v) is 12.1. The minimum absolute atomic E-state index is 0.129. The van der Waals surface area contributed by atoms with Gasteiger partial charge in [0.05, 0.1) is 23.6 Å². The molecule has 1 fully saturated rings. The second-order valence-electron chi connectivity index (χ2n) is 6.38. The smallest absolute Gasteiger partial charge is 0.164 e. The zero-order valence-electron chi connectivity index (χ0n) is 13.7. The SMILES string of the molecule is O=S1(=O)C[C@H]2N=C(SCc3ccc(Br)cc3)N(c3ccc(Cl)cc3)[C@H]2C1. The van der Waals surface area contributed by atoms with Gasteiger partial charge in [0.1, 0.15) is 0 Å². The summed E-state index contributed by atoms with van der Waals surface area (Å²) in [7, 11) is -3.04. The van der Waals surface area contributed by atoms with Gasteiger partial charge in [0, 0.05) is 20.9 Å². The Hall–Kier alpha value is -1.02. The Labute approximate surface area is 170 Å². The molecular weight excluding hydrogens is 456 g/mol. The maximum atomic E-state index is 12.1. The van der Waals surface area contributed by atoms with Crippen molar-refractivity contribution >= 4 is 60.0 Å². The summed E-state index contributed by atoms with van der Waals surface area (Å²) in [5, 5.41) is 1.53. The van der Waals surface area contributed by atoms with Gasteiger partial charge in [-0.05, 0) is 42.0 Å². The first-order valence-electron chi connectivity index (χ1n) is 8.11. The molecule has 4 rings (SSSR count). The van der Waals surface area contributed by atoms with Crippen LogP contribution in [0, 0.1) is 0 Å². The molecule has 0 N–H and O–H groups in total. The van der Waals surface area contributed by atoms with E-state index in [-0.39, 0.29) is 23.6 Å². The minimum Gasteiger partial charge on any atom is -0.315 e. The predicted octanol–water partition coefficient (Wildman–Crippen LogP) is 4.38. The van der Waals surface area contributed by atoms with Gasteiger partial charge in [-0.1, -0.05) is 51.4 Å². The van der Waals surface area contributed by atoms with Crippen LogP contribution in [0.3, 0.4) is 0 Å². The van der Waals surface area contributed by atoms with Crippen LogP contribution in [0.15, 0.2) is 58.0 Å². The van der Waals surface area contributed by atoms with Crippen molar-refractivity contribution in [2.24, 2.45) is 4.99 Å². The quantitative estimate of drug-likeness (QED) is 0.667. The van der Waals surface area contributed by atoms with Gasteiger partial charge in [0.15, 0.2) is 15.0 Å².